The lowest BCUT2D eigenvalue weighted by atomic mass is 10.1. The molecule has 0 aromatic heterocycles. The van der Waals surface area contributed by atoms with Gasteiger partial charge in [0.1, 0.15) is 16.8 Å². The third kappa shape index (κ3) is 7.50. The predicted octanol–water partition coefficient (Wildman–Crippen LogP) is 2.62. The summed E-state index contributed by atoms with van der Waals surface area (Å²) in [5.41, 5.74) is 1.71. The lowest BCUT2D eigenvalue weighted by Crippen LogP contribution is -2.44. The van der Waals surface area contributed by atoms with E-state index in [9.17, 15) is 22.4 Å². The average molecular weight is 485 g/mol. The molecule has 7 nitrogen and oxygen atoms in total. The van der Waals surface area contributed by atoms with Gasteiger partial charge in [0.05, 0.1) is 0 Å². The van der Waals surface area contributed by atoms with Crippen molar-refractivity contribution in [3.8, 4) is 0 Å². The van der Waals surface area contributed by atoms with Crippen molar-refractivity contribution < 1.29 is 27.1 Å². The van der Waals surface area contributed by atoms with E-state index in [1.54, 1.807) is 30.3 Å². The van der Waals surface area contributed by atoms with E-state index in [4.69, 9.17) is 4.74 Å². The summed E-state index contributed by atoms with van der Waals surface area (Å²) in [6, 6.07) is 21.7. The number of nitrogens with one attached hydrogen (secondary N) is 2. The van der Waals surface area contributed by atoms with Crippen molar-refractivity contribution in [2.45, 2.75) is 23.8 Å². The predicted molar refractivity (Wildman–Crippen MR) is 125 cm³/mol. The molecule has 34 heavy (non-hydrogen) atoms. The van der Waals surface area contributed by atoms with Crippen molar-refractivity contribution in [3.63, 3.8) is 0 Å². The summed E-state index contributed by atoms with van der Waals surface area (Å²) in [6.45, 7) is -0.214. The van der Waals surface area contributed by atoms with Gasteiger partial charge >= 0.3 is 5.97 Å². The second-order valence-corrected chi connectivity index (χ2v) is 9.17. The van der Waals surface area contributed by atoms with Crippen LogP contribution < -0.4 is 10.0 Å². The van der Waals surface area contributed by atoms with Crippen LogP contribution in [0.3, 0.4) is 0 Å². The van der Waals surface area contributed by atoms with Gasteiger partial charge in [-0.2, -0.15) is 4.72 Å². The fourth-order valence-electron chi connectivity index (χ4n) is 3.22. The highest BCUT2D eigenvalue weighted by molar-refractivity contribution is 7.89. The molecule has 178 valence electrons. The number of carbonyl (C=O) groups is 2. The van der Waals surface area contributed by atoms with Gasteiger partial charge in [-0.05, 0) is 36.1 Å². The topological polar surface area (TPSA) is 102 Å². The van der Waals surface area contributed by atoms with E-state index in [0.717, 1.165) is 17.7 Å². The van der Waals surface area contributed by atoms with Crippen LogP contribution in [0.25, 0.3) is 0 Å². The first kappa shape index (κ1) is 25.1. The largest absolute Gasteiger partial charge is 0.454 e. The molecule has 0 bridgehead atoms. The SMILES string of the molecule is O=C(COC(=O)[C@H](Cc1ccccc1)NS(=O)(=O)c1ccccc1F)NCCc1ccccc1. The molecule has 1 atom stereocenters. The second-order valence-electron chi connectivity index (χ2n) is 7.49. The van der Waals surface area contributed by atoms with Crippen LogP contribution in [0.2, 0.25) is 0 Å². The van der Waals surface area contributed by atoms with E-state index in [0.29, 0.717) is 18.5 Å². The number of halogens is 1. The van der Waals surface area contributed by atoms with Gasteiger partial charge in [0.25, 0.3) is 5.91 Å². The molecule has 0 unspecified atom stereocenters. The highest BCUT2D eigenvalue weighted by Gasteiger charge is 2.29. The number of esters is 1. The highest BCUT2D eigenvalue weighted by atomic mass is 32.2. The lowest BCUT2D eigenvalue weighted by Gasteiger charge is -2.18. The number of hydrogen-bond acceptors (Lipinski definition) is 5. The van der Waals surface area contributed by atoms with Crippen LogP contribution in [0.1, 0.15) is 11.1 Å². The molecule has 9 heteroatoms. The normalized spacial score (nSPS) is 12.0. The third-order valence-corrected chi connectivity index (χ3v) is 6.42. The van der Waals surface area contributed by atoms with Gasteiger partial charge in [-0.1, -0.05) is 72.8 Å². The fourth-order valence-corrected chi connectivity index (χ4v) is 4.48. The highest BCUT2D eigenvalue weighted by Crippen LogP contribution is 2.15. The Morgan fingerprint density at radius 3 is 2.09 bits per heavy atom. The molecular weight excluding hydrogens is 459 g/mol. The Hall–Kier alpha value is -3.56. The van der Waals surface area contributed by atoms with Gasteiger partial charge in [0, 0.05) is 6.54 Å². The Kier molecular flexibility index (Phi) is 8.89. The molecule has 3 rings (SSSR count). The summed E-state index contributed by atoms with van der Waals surface area (Å²) in [7, 11) is -4.37. The molecule has 0 saturated carbocycles. The zero-order chi connectivity index (χ0) is 24.4. The molecule has 0 radical (unpaired) electrons. The van der Waals surface area contributed by atoms with Crippen molar-refractivity contribution >= 4 is 21.9 Å². The van der Waals surface area contributed by atoms with Crippen LogP contribution in [0.15, 0.2) is 89.8 Å². The Labute approximate surface area is 198 Å². The standard InChI is InChI=1S/C25H25FN2O5S/c26-21-13-7-8-14-23(21)34(31,32)28-22(17-20-11-5-2-6-12-20)25(30)33-18-24(29)27-16-15-19-9-3-1-4-10-19/h1-14,22,28H,15-18H2,(H,27,29)/t22-/m0/s1. The van der Waals surface area contributed by atoms with Crippen LogP contribution in [0, 0.1) is 5.82 Å². The molecule has 1 amide bonds. The number of carbonyl (C=O) groups excluding carboxylic acids is 2. The van der Waals surface area contributed by atoms with Crippen molar-refractivity contribution in [2.24, 2.45) is 0 Å². The molecule has 0 fully saturated rings. The monoisotopic (exact) mass is 484 g/mol. The van der Waals surface area contributed by atoms with Crippen LogP contribution in [0.5, 0.6) is 0 Å². The summed E-state index contributed by atoms with van der Waals surface area (Å²) < 4.78 is 46.8. The van der Waals surface area contributed by atoms with E-state index in [-0.39, 0.29) is 6.42 Å². The van der Waals surface area contributed by atoms with Crippen LogP contribution in [-0.4, -0.2) is 39.5 Å². The second kappa shape index (κ2) is 12.1. The molecule has 0 saturated heterocycles. The Bertz CT molecular complexity index is 1200. The number of sulfonamides is 1. The molecule has 3 aromatic carbocycles. The molecule has 2 N–H and O–H groups in total. The molecule has 0 aliphatic heterocycles. The summed E-state index contributed by atoms with van der Waals surface area (Å²) in [5, 5.41) is 2.65. The van der Waals surface area contributed by atoms with E-state index >= 15 is 0 Å². The number of amides is 1. The van der Waals surface area contributed by atoms with Crippen molar-refractivity contribution in [1.29, 1.82) is 0 Å². The Morgan fingerprint density at radius 2 is 1.44 bits per heavy atom. The first-order chi connectivity index (χ1) is 16.3. The van der Waals surface area contributed by atoms with Gasteiger partial charge in [-0.3, -0.25) is 9.59 Å². The van der Waals surface area contributed by atoms with Crippen molar-refractivity contribution in [1.82, 2.24) is 10.0 Å². The third-order valence-electron chi connectivity index (χ3n) is 4.91. The van der Waals surface area contributed by atoms with E-state index in [1.807, 2.05) is 30.3 Å². The number of hydrogen-bond donors (Lipinski definition) is 2. The molecule has 0 heterocycles. The van der Waals surface area contributed by atoms with Crippen LogP contribution in [-0.2, 0) is 37.2 Å². The molecule has 0 spiro atoms. The number of benzene rings is 3. The quantitative estimate of drug-likeness (QED) is 0.408. The maximum absolute atomic E-state index is 14.1. The van der Waals surface area contributed by atoms with E-state index < -0.39 is 45.3 Å². The summed E-state index contributed by atoms with van der Waals surface area (Å²) >= 11 is 0. The fraction of sp³-hybridized carbons (Fsp3) is 0.200. The lowest BCUT2D eigenvalue weighted by molar-refractivity contribution is -0.150. The van der Waals surface area contributed by atoms with Crippen LogP contribution in [0.4, 0.5) is 4.39 Å². The summed E-state index contributed by atoms with van der Waals surface area (Å²) in [5.74, 6) is -2.40. The zero-order valence-corrected chi connectivity index (χ0v) is 19.1. The van der Waals surface area contributed by atoms with Gasteiger partial charge < -0.3 is 10.1 Å². The summed E-state index contributed by atoms with van der Waals surface area (Å²) in [4.78, 5) is 24.2. The molecule has 0 aliphatic carbocycles. The minimum absolute atomic E-state index is 0.0387. The van der Waals surface area contributed by atoms with Gasteiger partial charge in [0.15, 0.2) is 6.61 Å². The zero-order valence-electron chi connectivity index (χ0n) is 18.3. The van der Waals surface area contributed by atoms with E-state index in [2.05, 4.69) is 10.0 Å². The van der Waals surface area contributed by atoms with Crippen LogP contribution >= 0.6 is 0 Å². The maximum atomic E-state index is 14.1. The minimum Gasteiger partial charge on any atom is -0.454 e. The smallest absolute Gasteiger partial charge is 0.325 e. The Balaban J connectivity index is 1.62. The first-order valence-corrected chi connectivity index (χ1v) is 12.1. The molecule has 0 aliphatic rings. The van der Waals surface area contributed by atoms with Crippen molar-refractivity contribution in [3.05, 3.63) is 102 Å². The van der Waals surface area contributed by atoms with Gasteiger partial charge in [-0.25, -0.2) is 12.8 Å². The molecule has 3 aromatic rings. The van der Waals surface area contributed by atoms with Gasteiger partial charge in [-0.15, -0.1) is 0 Å². The average Bonchev–Trinajstić information content (AvgIpc) is 2.83. The number of rotatable bonds is 11. The molecular formula is C25H25FN2O5S. The summed E-state index contributed by atoms with van der Waals surface area (Å²) in [6.07, 6.45) is 0.572. The Morgan fingerprint density at radius 1 is 0.853 bits per heavy atom. The minimum atomic E-state index is -4.37. The van der Waals surface area contributed by atoms with Crippen molar-refractivity contribution in [2.75, 3.05) is 13.2 Å². The first-order valence-electron chi connectivity index (χ1n) is 10.6. The van der Waals surface area contributed by atoms with E-state index in [1.165, 1.54) is 12.1 Å². The van der Waals surface area contributed by atoms with Gasteiger partial charge in [0.2, 0.25) is 10.0 Å². The number of ether oxygens (including phenoxy) is 1. The maximum Gasteiger partial charge on any atom is 0.325 e.